The lowest BCUT2D eigenvalue weighted by Crippen LogP contribution is -2.52. The smallest absolute Gasteiger partial charge is 0.327 e. The summed E-state index contributed by atoms with van der Waals surface area (Å²) < 4.78 is 0. The molecule has 1 heterocycles. The summed E-state index contributed by atoms with van der Waals surface area (Å²) in [5.41, 5.74) is 0. The maximum Gasteiger partial charge on any atom is 0.327 e. The Morgan fingerprint density at radius 3 is 2.50 bits per heavy atom. The van der Waals surface area contributed by atoms with Crippen molar-refractivity contribution in [3.8, 4) is 12.3 Å². The van der Waals surface area contributed by atoms with E-state index in [2.05, 4.69) is 25.1 Å². The number of amides is 2. The van der Waals surface area contributed by atoms with Crippen LogP contribution in [0.25, 0.3) is 0 Å². The van der Waals surface area contributed by atoms with E-state index < -0.39 is 12.0 Å². The number of urea groups is 1. The first kappa shape index (κ1) is 14.7. The van der Waals surface area contributed by atoms with Gasteiger partial charge in [-0.2, -0.15) is 11.8 Å². The van der Waals surface area contributed by atoms with Crippen molar-refractivity contribution in [1.82, 2.24) is 10.2 Å². The number of hydrogen-bond donors (Lipinski definition) is 2. The zero-order valence-electron chi connectivity index (χ0n) is 10.5. The van der Waals surface area contributed by atoms with Crippen LogP contribution in [-0.2, 0) is 4.79 Å². The molecule has 0 spiro atoms. The summed E-state index contributed by atoms with van der Waals surface area (Å²) in [6.45, 7) is 5.36. The van der Waals surface area contributed by atoms with E-state index in [0.717, 1.165) is 0 Å². The van der Waals surface area contributed by atoms with Crippen LogP contribution in [0.2, 0.25) is 0 Å². The molecule has 1 rings (SSSR count). The Labute approximate surface area is 111 Å². The highest BCUT2D eigenvalue weighted by molar-refractivity contribution is 8.00. The van der Waals surface area contributed by atoms with Gasteiger partial charge in [-0.05, 0) is 0 Å². The molecule has 0 bridgehead atoms. The van der Waals surface area contributed by atoms with Crippen LogP contribution in [0, 0.1) is 12.3 Å². The van der Waals surface area contributed by atoms with Crippen molar-refractivity contribution < 1.29 is 14.7 Å². The topological polar surface area (TPSA) is 69.6 Å². The molecule has 5 nitrogen and oxygen atoms in total. The lowest BCUT2D eigenvalue weighted by Gasteiger charge is -2.35. The van der Waals surface area contributed by atoms with Crippen molar-refractivity contribution in [3.05, 3.63) is 0 Å². The minimum atomic E-state index is -1.10. The maximum atomic E-state index is 12.0. The minimum Gasteiger partial charge on any atom is -0.480 e. The van der Waals surface area contributed by atoms with Crippen LogP contribution in [0.3, 0.4) is 0 Å². The van der Waals surface area contributed by atoms with E-state index in [4.69, 9.17) is 11.5 Å². The van der Waals surface area contributed by atoms with Crippen LogP contribution in [0.5, 0.6) is 0 Å². The molecule has 0 saturated carbocycles. The lowest BCUT2D eigenvalue weighted by atomic mass is 10.2. The van der Waals surface area contributed by atoms with Gasteiger partial charge in [0.2, 0.25) is 0 Å². The predicted octanol–water partition coefficient (Wildman–Crippen LogP) is 0.998. The van der Waals surface area contributed by atoms with Crippen LogP contribution in [0.4, 0.5) is 4.79 Å². The molecule has 1 aliphatic heterocycles. The molecule has 1 saturated heterocycles. The molecule has 1 aliphatic rings. The molecule has 18 heavy (non-hydrogen) atoms. The molecule has 3 unspecified atom stereocenters. The van der Waals surface area contributed by atoms with Crippen molar-refractivity contribution in [3.63, 3.8) is 0 Å². The molecular formula is C12H18N2O3S. The van der Waals surface area contributed by atoms with E-state index in [-0.39, 0.29) is 12.5 Å². The van der Waals surface area contributed by atoms with Crippen molar-refractivity contribution in [2.75, 3.05) is 13.1 Å². The highest BCUT2D eigenvalue weighted by Gasteiger charge is 2.28. The SMILES string of the molecule is C#CCC(NC(=O)N1CC(C)SC(C)C1)C(=O)O. The summed E-state index contributed by atoms with van der Waals surface area (Å²) in [5, 5.41) is 12.1. The highest BCUT2D eigenvalue weighted by atomic mass is 32.2. The number of carbonyl (C=O) groups excluding carboxylic acids is 1. The second-order valence-corrected chi connectivity index (χ2v) is 6.29. The molecule has 6 heteroatoms. The summed E-state index contributed by atoms with van der Waals surface area (Å²) >= 11 is 1.83. The number of aliphatic carboxylic acids is 1. The first-order chi connectivity index (χ1) is 8.43. The first-order valence-corrected chi connectivity index (χ1v) is 6.75. The van der Waals surface area contributed by atoms with Gasteiger partial charge in [0.1, 0.15) is 6.04 Å². The van der Waals surface area contributed by atoms with Gasteiger partial charge in [0, 0.05) is 30.0 Å². The van der Waals surface area contributed by atoms with Crippen LogP contribution < -0.4 is 5.32 Å². The molecule has 2 N–H and O–H groups in total. The molecule has 0 aromatic heterocycles. The number of carboxylic acid groups (broad SMARTS) is 1. The van der Waals surface area contributed by atoms with Crippen LogP contribution in [-0.4, -0.2) is 51.6 Å². The fourth-order valence-electron chi connectivity index (χ4n) is 1.90. The van der Waals surface area contributed by atoms with Crippen LogP contribution in [0.1, 0.15) is 20.3 Å². The Kier molecular flexibility index (Phi) is 5.35. The van der Waals surface area contributed by atoms with Crippen LogP contribution >= 0.6 is 11.8 Å². The minimum absolute atomic E-state index is 0.00519. The van der Waals surface area contributed by atoms with E-state index in [9.17, 15) is 9.59 Å². The average molecular weight is 270 g/mol. The highest BCUT2D eigenvalue weighted by Crippen LogP contribution is 2.24. The molecule has 0 radical (unpaired) electrons. The average Bonchev–Trinajstić information content (AvgIpc) is 2.26. The normalized spacial score (nSPS) is 25.1. The van der Waals surface area contributed by atoms with E-state index in [1.54, 1.807) is 4.90 Å². The summed E-state index contributed by atoms with van der Waals surface area (Å²) in [7, 11) is 0. The fraction of sp³-hybridized carbons (Fsp3) is 0.667. The molecule has 0 aromatic rings. The van der Waals surface area contributed by atoms with E-state index in [0.29, 0.717) is 23.6 Å². The van der Waals surface area contributed by atoms with Crippen molar-refractivity contribution in [2.24, 2.45) is 0 Å². The number of carboxylic acids is 1. The molecule has 0 aromatic carbocycles. The Morgan fingerprint density at radius 1 is 1.50 bits per heavy atom. The molecular weight excluding hydrogens is 252 g/mol. The number of nitrogens with one attached hydrogen (secondary N) is 1. The number of rotatable bonds is 3. The molecule has 2 amide bonds. The van der Waals surface area contributed by atoms with Gasteiger partial charge in [-0.25, -0.2) is 9.59 Å². The number of hydrogen-bond acceptors (Lipinski definition) is 3. The zero-order chi connectivity index (χ0) is 13.7. The van der Waals surface area contributed by atoms with Crippen molar-refractivity contribution in [2.45, 2.75) is 36.8 Å². The summed E-state index contributed by atoms with van der Waals surface area (Å²) in [6.07, 6.45) is 5.08. The van der Waals surface area contributed by atoms with Gasteiger partial charge in [0.25, 0.3) is 0 Å². The van der Waals surface area contributed by atoms with E-state index >= 15 is 0 Å². The standard InChI is InChI=1S/C12H18N2O3S/c1-4-5-10(11(15)16)13-12(17)14-6-8(2)18-9(3)7-14/h1,8-10H,5-7H2,2-3H3,(H,13,17)(H,15,16). The Hall–Kier alpha value is -1.35. The van der Waals surface area contributed by atoms with Gasteiger partial charge in [0.05, 0.1) is 0 Å². The van der Waals surface area contributed by atoms with Crippen molar-refractivity contribution in [1.29, 1.82) is 0 Å². The summed E-state index contributed by atoms with van der Waals surface area (Å²) in [4.78, 5) is 24.5. The number of carbonyl (C=O) groups is 2. The van der Waals surface area contributed by atoms with Gasteiger partial charge < -0.3 is 15.3 Å². The maximum absolute atomic E-state index is 12.0. The Morgan fingerprint density at radius 2 is 2.06 bits per heavy atom. The summed E-state index contributed by atoms with van der Waals surface area (Å²) in [5.74, 6) is 1.15. The zero-order valence-corrected chi connectivity index (χ0v) is 11.4. The molecule has 1 fully saturated rings. The number of thioether (sulfide) groups is 1. The lowest BCUT2D eigenvalue weighted by molar-refractivity contribution is -0.139. The second-order valence-electron chi connectivity index (χ2n) is 4.41. The number of terminal acetylenes is 1. The van der Waals surface area contributed by atoms with Gasteiger partial charge in [-0.3, -0.25) is 0 Å². The summed E-state index contributed by atoms with van der Waals surface area (Å²) in [6, 6.07) is -1.36. The third kappa shape index (κ3) is 4.15. The second kappa shape index (κ2) is 6.55. The monoisotopic (exact) mass is 270 g/mol. The Bertz CT molecular complexity index is 357. The van der Waals surface area contributed by atoms with Gasteiger partial charge in [-0.1, -0.05) is 13.8 Å². The molecule has 3 atom stereocenters. The predicted molar refractivity (Wildman–Crippen MR) is 71.5 cm³/mol. The third-order valence-corrected chi connectivity index (χ3v) is 3.85. The largest absolute Gasteiger partial charge is 0.480 e. The Balaban J connectivity index is 2.58. The first-order valence-electron chi connectivity index (χ1n) is 5.81. The fourth-order valence-corrected chi connectivity index (χ4v) is 3.23. The van der Waals surface area contributed by atoms with E-state index in [1.807, 2.05) is 11.8 Å². The van der Waals surface area contributed by atoms with E-state index in [1.165, 1.54) is 0 Å². The van der Waals surface area contributed by atoms with Gasteiger partial charge in [0.15, 0.2) is 0 Å². The number of nitrogens with zero attached hydrogens (tertiary/aromatic N) is 1. The van der Waals surface area contributed by atoms with Gasteiger partial charge >= 0.3 is 12.0 Å². The molecule has 0 aliphatic carbocycles. The third-order valence-electron chi connectivity index (χ3n) is 2.62. The van der Waals surface area contributed by atoms with Gasteiger partial charge in [-0.15, -0.1) is 12.3 Å². The van der Waals surface area contributed by atoms with Crippen LogP contribution in [0.15, 0.2) is 0 Å². The molecule has 100 valence electrons. The van der Waals surface area contributed by atoms with Crippen molar-refractivity contribution >= 4 is 23.8 Å². The quantitative estimate of drug-likeness (QED) is 0.751.